The predicted molar refractivity (Wildman–Crippen MR) is 120 cm³/mol. The second-order valence-corrected chi connectivity index (χ2v) is 7.02. The smallest absolute Gasteiger partial charge is 0.274 e. The molecule has 2 aromatic carbocycles. The molecule has 2 heterocycles. The standard InChI is InChI=1S/C23H25N3O3.ClH/c1-28-20-9-5-8-19(16-20)21-17-22(18-6-3-2-4-7-18)24-26(23(21)27)11-10-25-12-14-29-15-13-25;/h2-9,16-17H,10-15H2,1H3;1H. The number of aromatic nitrogens is 2. The average Bonchev–Trinajstić information content (AvgIpc) is 2.79. The SMILES string of the molecule is COc1cccc(-c2cc(-c3ccccc3)nn(CCN3CCOCC3)c2=O)c1.Cl. The highest BCUT2D eigenvalue weighted by Crippen LogP contribution is 2.24. The van der Waals surface area contributed by atoms with Gasteiger partial charge in [-0.25, -0.2) is 4.68 Å². The topological polar surface area (TPSA) is 56.6 Å². The van der Waals surface area contributed by atoms with Crippen molar-refractivity contribution in [1.82, 2.24) is 14.7 Å². The van der Waals surface area contributed by atoms with Crippen LogP contribution in [0.2, 0.25) is 0 Å². The number of hydrogen-bond donors (Lipinski definition) is 0. The van der Waals surface area contributed by atoms with E-state index in [0.29, 0.717) is 12.1 Å². The number of hydrogen-bond acceptors (Lipinski definition) is 5. The van der Waals surface area contributed by atoms with Gasteiger partial charge in [-0.3, -0.25) is 9.69 Å². The quantitative estimate of drug-likeness (QED) is 0.604. The molecule has 1 aromatic heterocycles. The molecule has 0 amide bonds. The van der Waals surface area contributed by atoms with Crippen molar-refractivity contribution < 1.29 is 9.47 Å². The van der Waals surface area contributed by atoms with E-state index in [1.165, 1.54) is 0 Å². The summed E-state index contributed by atoms with van der Waals surface area (Å²) in [5.74, 6) is 0.722. The molecule has 6 nitrogen and oxygen atoms in total. The van der Waals surface area contributed by atoms with E-state index >= 15 is 0 Å². The number of nitrogens with zero attached hydrogens (tertiary/aromatic N) is 3. The van der Waals surface area contributed by atoms with Crippen LogP contribution < -0.4 is 10.3 Å². The van der Waals surface area contributed by atoms with Crippen LogP contribution in [0.15, 0.2) is 65.5 Å². The summed E-state index contributed by atoms with van der Waals surface area (Å²) in [4.78, 5) is 15.5. The molecular weight excluding hydrogens is 402 g/mol. The van der Waals surface area contributed by atoms with Gasteiger partial charge in [0, 0.05) is 25.2 Å². The van der Waals surface area contributed by atoms with E-state index in [-0.39, 0.29) is 18.0 Å². The largest absolute Gasteiger partial charge is 0.497 e. The minimum Gasteiger partial charge on any atom is -0.497 e. The molecule has 0 atom stereocenters. The number of benzene rings is 2. The maximum Gasteiger partial charge on any atom is 0.274 e. The number of rotatable bonds is 6. The van der Waals surface area contributed by atoms with E-state index in [1.54, 1.807) is 11.8 Å². The van der Waals surface area contributed by atoms with Crippen LogP contribution in [0.4, 0.5) is 0 Å². The van der Waals surface area contributed by atoms with Crippen LogP contribution in [-0.4, -0.2) is 54.6 Å². The lowest BCUT2D eigenvalue weighted by atomic mass is 10.0. The normalized spacial score (nSPS) is 14.2. The van der Waals surface area contributed by atoms with Gasteiger partial charge in [-0.1, -0.05) is 42.5 Å². The fourth-order valence-corrected chi connectivity index (χ4v) is 3.50. The highest BCUT2D eigenvalue weighted by atomic mass is 35.5. The van der Waals surface area contributed by atoms with Crippen LogP contribution in [0, 0.1) is 0 Å². The number of methoxy groups -OCH3 is 1. The molecule has 4 rings (SSSR count). The maximum atomic E-state index is 13.2. The van der Waals surface area contributed by atoms with Gasteiger partial charge >= 0.3 is 0 Å². The molecule has 1 saturated heterocycles. The number of halogens is 1. The molecular formula is C23H26ClN3O3. The van der Waals surface area contributed by atoms with Crippen molar-refractivity contribution in [3.8, 4) is 28.1 Å². The van der Waals surface area contributed by atoms with Gasteiger partial charge in [0.1, 0.15) is 5.75 Å². The van der Waals surface area contributed by atoms with Crippen molar-refractivity contribution in [3.05, 3.63) is 71.0 Å². The van der Waals surface area contributed by atoms with Gasteiger partial charge in [0.15, 0.2) is 0 Å². The number of ether oxygens (including phenoxy) is 2. The summed E-state index contributed by atoms with van der Waals surface area (Å²) in [6.07, 6.45) is 0. The van der Waals surface area contributed by atoms with Crippen LogP contribution in [0.25, 0.3) is 22.4 Å². The summed E-state index contributed by atoms with van der Waals surface area (Å²) in [7, 11) is 1.63. The Bertz CT molecular complexity index is 1020. The van der Waals surface area contributed by atoms with Gasteiger partial charge in [0.25, 0.3) is 5.56 Å². The predicted octanol–water partition coefficient (Wildman–Crippen LogP) is 3.34. The average molecular weight is 428 g/mol. The van der Waals surface area contributed by atoms with Crippen LogP contribution in [0.5, 0.6) is 5.75 Å². The molecule has 0 spiro atoms. The lowest BCUT2D eigenvalue weighted by molar-refractivity contribution is 0.0358. The van der Waals surface area contributed by atoms with Gasteiger partial charge < -0.3 is 9.47 Å². The Kier molecular flexibility index (Phi) is 7.63. The first-order chi connectivity index (χ1) is 14.2. The lowest BCUT2D eigenvalue weighted by Crippen LogP contribution is -2.39. The Hall–Kier alpha value is -2.67. The summed E-state index contributed by atoms with van der Waals surface area (Å²) in [5.41, 5.74) is 3.13. The molecule has 0 saturated carbocycles. The minimum absolute atomic E-state index is 0. The molecule has 0 aliphatic carbocycles. The van der Waals surface area contributed by atoms with Gasteiger partial charge in [-0.15, -0.1) is 12.4 Å². The molecule has 1 aliphatic rings. The van der Waals surface area contributed by atoms with Gasteiger partial charge in [0.05, 0.1) is 38.1 Å². The summed E-state index contributed by atoms with van der Waals surface area (Å²) >= 11 is 0. The molecule has 1 aliphatic heterocycles. The zero-order chi connectivity index (χ0) is 20.1. The van der Waals surface area contributed by atoms with Crippen LogP contribution in [0.3, 0.4) is 0 Å². The van der Waals surface area contributed by atoms with E-state index in [9.17, 15) is 4.79 Å². The molecule has 0 unspecified atom stereocenters. The Morgan fingerprint density at radius 3 is 2.43 bits per heavy atom. The molecule has 0 N–H and O–H groups in total. The van der Waals surface area contributed by atoms with Crippen molar-refractivity contribution in [2.24, 2.45) is 0 Å². The Morgan fingerprint density at radius 2 is 1.70 bits per heavy atom. The van der Waals surface area contributed by atoms with Crippen molar-refractivity contribution in [1.29, 1.82) is 0 Å². The fraction of sp³-hybridized carbons (Fsp3) is 0.304. The molecule has 0 radical (unpaired) electrons. The van der Waals surface area contributed by atoms with Gasteiger partial charge in [-0.05, 0) is 23.8 Å². The fourth-order valence-electron chi connectivity index (χ4n) is 3.50. The van der Waals surface area contributed by atoms with Crippen molar-refractivity contribution in [2.45, 2.75) is 6.54 Å². The second kappa shape index (κ2) is 10.4. The Morgan fingerprint density at radius 1 is 0.967 bits per heavy atom. The maximum absolute atomic E-state index is 13.2. The monoisotopic (exact) mass is 427 g/mol. The highest BCUT2D eigenvalue weighted by Gasteiger charge is 2.15. The van der Waals surface area contributed by atoms with Gasteiger partial charge in [-0.2, -0.15) is 5.10 Å². The van der Waals surface area contributed by atoms with Crippen molar-refractivity contribution in [3.63, 3.8) is 0 Å². The Labute approximate surface area is 182 Å². The van der Waals surface area contributed by atoms with Crippen molar-refractivity contribution in [2.75, 3.05) is 40.0 Å². The first-order valence-electron chi connectivity index (χ1n) is 9.87. The molecule has 158 valence electrons. The summed E-state index contributed by atoms with van der Waals surface area (Å²) in [6, 6.07) is 19.4. The third-order valence-corrected chi connectivity index (χ3v) is 5.16. The van der Waals surface area contributed by atoms with Crippen LogP contribution in [-0.2, 0) is 11.3 Å². The van der Waals surface area contributed by atoms with Crippen LogP contribution >= 0.6 is 12.4 Å². The molecule has 0 bridgehead atoms. The van der Waals surface area contributed by atoms with E-state index in [2.05, 4.69) is 10.00 Å². The van der Waals surface area contributed by atoms with E-state index in [4.69, 9.17) is 9.47 Å². The molecule has 1 fully saturated rings. The molecule has 3 aromatic rings. The second-order valence-electron chi connectivity index (χ2n) is 7.02. The van der Waals surface area contributed by atoms with Gasteiger partial charge in [0.2, 0.25) is 0 Å². The molecule has 30 heavy (non-hydrogen) atoms. The van der Waals surface area contributed by atoms with E-state index < -0.39 is 0 Å². The summed E-state index contributed by atoms with van der Waals surface area (Å²) < 4.78 is 12.3. The van der Waals surface area contributed by atoms with Crippen LogP contribution in [0.1, 0.15) is 0 Å². The van der Waals surface area contributed by atoms with E-state index in [1.807, 2.05) is 60.7 Å². The summed E-state index contributed by atoms with van der Waals surface area (Å²) in [6.45, 7) is 4.55. The lowest BCUT2D eigenvalue weighted by Gasteiger charge is -2.26. The minimum atomic E-state index is -0.0915. The third kappa shape index (κ3) is 5.08. The Balaban J connectivity index is 0.00000256. The summed E-state index contributed by atoms with van der Waals surface area (Å²) in [5, 5.41) is 4.67. The molecule has 7 heteroatoms. The third-order valence-electron chi connectivity index (χ3n) is 5.16. The van der Waals surface area contributed by atoms with Crippen molar-refractivity contribution >= 4 is 12.4 Å². The van der Waals surface area contributed by atoms with E-state index in [0.717, 1.165) is 55.4 Å². The number of morpholine rings is 1. The first kappa shape index (κ1) is 22.0. The highest BCUT2D eigenvalue weighted by molar-refractivity contribution is 5.85. The zero-order valence-electron chi connectivity index (χ0n) is 17.0. The first-order valence-corrected chi connectivity index (χ1v) is 9.87. The zero-order valence-corrected chi connectivity index (χ0v) is 17.8.